The van der Waals surface area contributed by atoms with Gasteiger partial charge in [0, 0.05) is 10.4 Å². The summed E-state index contributed by atoms with van der Waals surface area (Å²) in [4.78, 5) is 0.911. The van der Waals surface area contributed by atoms with E-state index < -0.39 is 0 Å². The lowest BCUT2D eigenvalue weighted by molar-refractivity contribution is 0.312. The molecule has 0 bridgehead atoms. The molecule has 1 aliphatic rings. The first-order valence-corrected chi connectivity index (χ1v) is 8.64. The minimum Gasteiger partial charge on any atom is -0.481 e. The zero-order chi connectivity index (χ0) is 15.8. The van der Waals surface area contributed by atoms with Crippen molar-refractivity contribution < 1.29 is 9.13 Å². The summed E-state index contributed by atoms with van der Waals surface area (Å²) in [6.45, 7) is 2.05. The molecule has 1 fully saturated rings. The minimum absolute atomic E-state index is 0.192. The van der Waals surface area contributed by atoms with Gasteiger partial charge in [0.05, 0.1) is 6.10 Å². The average Bonchev–Trinajstić information content (AvgIpc) is 3.24. The Morgan fingerprint density at radius 3 is 2.39 bits per heavy atom. The molecule has 1 saturated carbocycles. The second-order valence-electron chi connectivity index (χ2n) is 6.00. The number of rotatable bonds is 4. The SMILES string of the molecule is Cc1ccc(-c2ccc(-c3ccc(OC4CC4)s3)c(F)c2)cc1. The summed E-state index contributed by atoms with van der Waals surface area (Å²) in [5.41, 5.74) is 3.77. The number of ether oxygens (including phenoxy) is 1. The molecule has 3 aromatic rings. The molecule has 1 aromatic heterocycles. The van der Waals surface area contributed by atoms with Gasteiger partial charge in [-0.05, 0) is 55.2 Å². The van der Waals surface area contributed by atoms with Gasteiger partial charge in [0.25, 0.3) is 0 Å². The van der Waals surface area contributed by atoms with Crippen molar-refractivity contribution in [3.05, 3.63) is 66.0 Å². The Morgan fingerprint density at radius 2 is 1.70 bits per heavy atom. The second kappa shape index (κ2) is 5.82. The molecule has 1 aliphatic carbocycles. The van der Waals surface area contributed by atoms with Crippen LogP contribution in [0.2, 0.25) is 0 Å². The third-order valence-corrected chi connectivity index (χ3v) is 5.02. The van der Waals surface area contributed by atoms with Crippen LogP contribution in [0.4, 0.5) is 4.39 Å². The van der Waals surface area contributed by atoms with Crippen molar-refractivity contribution in [1.82, 2.24) is 0 Å². The van der Waals surface area contributed by atoms with Gasteiger partial charge in [-0.3, -0.25) is 0 Å². The highest BCUT2D eigenvalue weighted by atomic mass is 32.1. The first-order valence-electron chi connectivity index (χ1n) is 7.82. The second-order valence-corrected chi connectivity index (χ2v) is 7.04. The van der Waals surface area contributed by atoms with E-state index in [0.717, 1.165) is 33.9 Å². The van der Waals surface area contributed by atoms with Crippen LogP contribution in [0.3, 0.4) is 0 Å². The van der Waals surface area contributed by atoms with Crippen molar-refractivity contribution >= 4 is 11.3 Å². The largest absolute Gasteiger partial charge is 0.481 e. The van der Waals surface area contributed by atoms with E-state index in [2.05, 4.69) is 0 Å². The van der Waals surface area contributed by atoms with E-state index in [4.69, 9.17) is 4.74 Å². The van der Waals surface area contributed by atoms with Gasteiger partial charge >= 0.3 is 0 Å². The van der Waals surface area contributed by atoms with Crippen molar-refractivity contribution in [2.75, 3.05) is 0 Å². The van der Waals surface area contributed by atoms with Gasteiger partial charge < -0.3 is 4.74 Å². The third kappa shape index (κ3) is 3.15. The van der Waals surface area contributed by atoms with Gasteiger partial charge in [-0.25, -0.2) is 4.39 Å². The first-order chi connectivity index (χ1) is 11.2. The summed E-state index contributed by atoms with van der Waals surface area (Å²) >= 11 is 1.51. The topological polar surface area (TPSA) is 9.23 Å². The van der Waals surface area contributed by atoms with Crippen LogP contribution in [0.25, 0.3) is 21.6 Å². The van der Waals surface area contributed by atoms with Crippen LogP contribution in [0.5, 0.6) is 5.06 Å². The van der Waals surface area contributed by atoms with Crippen molar-refractivity contribution in [1.29, 1.82) is 0 Å². The molecule has 2 aromatic carbocycles. The van der Waals surface area contributed by atoms with E-state index in [1.165, 1.54) is 16.9 Å². The van der Waals surface area contributed by atoms with Crippen molar-refractivity contribution in [3.63, 3.8) is 0 Å². The standard InChI is InChI=1S/C20H17FOS/c1-13-2-4-14(5-3-13)15-6-9-17(18(21)12-15)19-10-11-20(23-19)22-16-7-8-16/h2-6,9-12,16H,7-8H2,1H3. The Morgan fingerprint density at radius 1 is 0.957 bits per heavy atom. The number of benzene rings is 2. The van der Waals surface area contributed by atoms with E-state index >= 15 is 0 Å². The number of hydrogen-bond donors (Lipinski definition) is 0. The van der Waals surface area contributed by atoms with E-state index in [-0.39, 0.29) is 5.82 Å². The lowest BCUT2D eigenvalue weighted by atomic mass is 10.0. The highest BCUT2D eigenvalue weighted by molar-refractivity contribution is 7.17. The van der Waals surface area contributed by atoms with Crippen molar-refractivity contribution in [2.45, 2.75) is 25.9 Å². The minimum atomic E-state index is -0.192. The van der Waals surface area contributed by atoms with Gasteiger partial charge in [-0.1, -0.05) is 47.2 Å². The molecule has 1 heterocycles. The molecule has 0 radical (unpaired) electrons. The maximum atomic E-state index is 14.6. The molecule has 23 heavy (non-hydrogen) atoms. The quantitative estimate of drug-likeness (QED) is 0.566. The number of halogens is 1. The summed E-state index contributed by atoms with van der Waals surface area (Å²) in [6, 6.07) is 17.5. The first kappa shape index (κ1) is 14.5. The summed E-state index contributed by atoms with van der Waals surface area (Å²) in [6.07, 6.45) is 2.63. The van der Waals surface area contributed by atoms with Gasteiger partial charge in [0.15, 0.2) is 5.06 Å². The van der Waals surface area contributed by atoms with Gasteiger partial charge in [-0.2, -0.15) is 0 Å². The Bertz CT molecular complexity index is 831. The molecule has 0 saturated heterocycles. The van der Waals surface area contributed by atoms with Crippen molar-refractivity contribution in [2.24, 2.45) is 0 Å². The molecule has 0 unspecified atom stereocenters. The van der Waals surface area contributed by atoms with E-state index in [9.17, 15) is 4.39 Å². The van der Waals surface area contributed by atoms with Crippen LogP contribution in [0.1, 0.15) is 18.4 Å². The lowest BCUT2D eigenvalue weighted by Gasteiger charge is -2.06. The third-order valence-electron chi connectivity index (χ3n) is 4.01. The molecule has 4 rings (SSSR count). The zero-order valence-corrected chi connectivity index (χ0v) is 13.7. The van der Waals surface area contributed by atoms with E-state index in [0.29, 0.717) is 11.7 Å². The van der Waals surface area contributed by atoms with E-state index in [1.54, 1.807) is 6.07 Å². The maximum absolute atomic E-state index is 14.6. The Labute approximate surface area is 139 Å². The summed E-state index contributed by atoms with van der Waals surface area (Å²) < 4.78 is 20.3. The Hall–Kier alpha value is -2.13. The molecule has 0 spiro atoms. The molecule has 3 heteroatoms. The monoisotopic (exact) mass is 324 g/mol. The van der Waals surface area contributed by atoms with Crippen LogP contribution >= 0.6 is 11.3 Å². The number of aryl methyl sites for hydroxylation is 1. The molecular formula is C20H17FOS. The molecule has 1 nitrogen and oxygen atoms in total. The predicted octanol–water partition coefficient (Wildman–Crippen LogP) is 6.07. The smallest absolute Gasteiger partial charge is 0.174 e. The normalized spacial score (nSPS) is 14.0. The molecule has 0 atom stereocenters. The molecular weight excluding hydrogens is 307 g/mol. The van der Waals surface area contributed by atoms with Gasteiger partial charge in [0.2, 0.25) is 0 Å². The fraction of sp³-hybridized carbons (Fsp3) is 0.200. The van der Waals surface area contributed by atoms with E-state index in [1.807, 2.05) is 55.5 Å². The predicted molar refractivity (Wildman–Crippen MR) is 93.5 cm³/mol. The Balaban J connectivity index is 1.62. The fourth-order valence-corrected chi connectivity index (χ4v) is 3.47. The summed E-state index contributed by atoms with van der Waals surface area (Å²) in [5, 5.41) is 0.879. The zero-order valence-electron chi connectivity index (χ0n) is 12.9. The van der Waals surface area contributed by atoms with Crippen LogP contribution < -0.4 is 4.74 Å². The highest BCUT2D eigenvalue weighted by Crippen LogP contribution is 2.38. The lowest BCUT2D eigenvalue weighted by Crippen LogP contribution is -1.92. The molecule has 0 amide bonds. The summed E-state index contributed by atoms with van der Waals surface area (Å²) in [5.74, 6) is -0.192. The van der Waals surface area contributed by atoms with Crippen LogP contribution in [-0.4, -0.2) is 6.10 Å². The average molecular weight is 324 g/mol. The fourth-order valence-electron chi connectivity index (χ4n) is 2.52. The number of hydrogen-bond acceptors (Lipinski definition) is 2. The van der Waals surface area contributed by atoms with Crippen LogP contribution in [-0.2, 0) is 0 Å². The molecule has 116 valence electrons. The number of thiophene rings is 1. The van der Waals surface area contributed by atoms with Gasteiger partial charge in [-0.15, -0.1) is 0 Å². The van der Waals surface area contributed by atoms with Crippen LogP contribution in [0.15, 0.2) is 54.6 Å². The maximum Gasteiger partial charge on any atom is 0.174 e. The molecule has 0 N–H and O–H groups in total. The Kier molecular flexibility index (Phi) is 3.66. The highest BCUT2D eigenvalue weighted by Gasteiger charge is 2.24. The molecule has 0 aliphatic heterocycles. The van der Waals surface area contributed by atoms with Gasteiger partial charge in [0.1, 0.15) is 5.82 Å². The van der Waals surface area contributed by atoms with Crippen molar-refractivity contribution in [3.8, 4) is 26.6 Å². The van der Waals surface area contributed by atoms with Crippen LogP contribution in [0, 0.1) is 12.7 Å². The summed E-state index contributed by atoms with van der Waals surface area (Å²) in [7, 11) is 0.